The fourth-order valence-corrected chi connectivity index (χ4v) is 1.84. The number of methoxy groups -OCH3 is 1. The lowest BCUT2D eigenvalue weighted by molar-refractivity contribution is -0.138. The van der Waals surface area contributed by atoms with Crippen molar-refractivity contribution in [2.75, 3.05) is 13.7 Å². The van der Waals surface area contributed by atoms with Gasteiger partial charge in [-0.25, -0.2) is 0 Å². The quantitative estimate of drug-likeness (QED) is 0.687. The molecule has 0 aromatic carbocycles. The Hall–Kier alpha value is -0.610. The summed E-state index contributed by atoms with van der Waals surface area (Å²) in [5.74, 6) is 0.000741. The summed E-state index contributed by atoms with van der Waals surface area (Å²) in [7, 11) is 1.57. The van der Waals surface area contributed by atoms with E-state index in [4.69, 9.17) is 9.84 Å². The summed E-state index contributed by atoms with van der Waals surface area (Å²) in [6.07, 6.45) is 0.144. The van der Waals surface area contributed by atoms with Crippen LogP contribution in [0.5, 0.6) is 0 Å². The molecule has 2 atom stereocenters. The third-order valence-electron chi connectivity index (χ3n) is 2.43. The number of amides is 1. The molecule has 1 N–H and O–H groups in total. The number of aliphatic hydroxyl groups excluding tert-OH is 1. The van der Waals surface area contributed by atoms with Crippen molar-refractivity contribution in [1.82, 2.24) is 4.90 Å². The van der Waals surface area contributed by atoms with Gasteiger partial charge >= 0.3 is 0 Å². The zero-order valence-electron chi connectivity index (χ0n) is 8.36. The van der Waals surface area contributed by atoms with Crippen LogP contribution in [-0.4, -0.2) is 41.9 Å². The largest absolute Gasteiger partial charge is 0.396 e. The molecule has 1 rings (SSSR count). The van der Waals surface area contributed by atoms with Crippen molar-refractivity contribution in [3.05, 3.63) is 0 Å². The summed E-state index contributed by atoms with van der Waals surface area (Å²) >= 11 is 0. The molecule has 76 valence electrons. The van der Waals surface area contributed by atoms with Crippen LogP contribution in [0.1, 0.15) is 20.3 Å². The number of hydrogen-bond acceptors (Lipinski definition) is 3. The zero-order valence-corrected chi connectivity index (χ0v) is 8.36. The van der Waals surface area contributed by atoms with E-state index in [2.05, 4.69) is 0 Å². The minimum absolute atomic E-state index is 0.00741. The van der Waals surface area contributed by atoms with E-state index < -0.39 is 0 Å². The number of hydrogen-bond donors (Lipinski definition) is 1. The number of carbonyl (C=O) groups is 1. The maximum absolute atomic E-state index is 11.5. The van der Waals surface area contributed by atoms with Crippen LogP contribution in [0.4, 0.5) is 0 Å². The molecule has 1 heterocycles. The van der Waals surface area contributed by atoms with Crippen molar-refractivity contribution < 1.29 is 14.6 Å². The highest BCUT2D eigenvalue weighted by atomic mass is 16.5. The van der Waals surface area contributed by atoms with Crippen molar-refractivity contribution >= 4 is 5.91 Å². The standard InChI is InChI=1S/C9H17NO3/c1-6(2)10-8(12)4-7(5-11)9(10)13-3/h6-7,9,11H,4-5H2,1-3H3. The predicted octanol–water partition coefficient (Wildman–Crippen LogP) is 0.208. The number of aliphatic hydroxyl groups is 1. The first-order valence-electron chi connectivity index (χ1n) is 4.56. The van der Waals surface area contributed by atoms with Gasteiger partial charge in [0.15, 0.2) is 0 Å². The Morgan fingerprint density at radius 1 is 1.69 bits per heavy atom. The van der Waals surface area contributed by atoms with E-state index >= 15 is 0 Å². The highest BCUT2D eigenvalue weighted by Gasteiger charge is 2.40. The SMILES string of the molecule is COC1C(CO)CC(=O)N1C(C)C. The fourth-order valence-electron chi connectivity index (χ4n) is 1.84. The average Bonchev–Trinajstić information content (AvgIpc) is 2.41. The van der Waals surface area contributed by atoms with E-state index in [0.717, 1.165) is 0 Å². The molecule has 0 radical (unpaired) electrons. The summed E-state index contributed by atoms with van der Waals surface area (Å²) in [4.78, 5) is 13.2. The fraction of sp³-hybridized carbons (Fsp3) is 0.889. The third kappa shape index (κ3) is 1.84. The molecule has 0 aromatic rings. The molecule has 4 nitrogen and oxygen atoms in total. The summed E-state index contributed by atoms with van der Waals surface area (Å²) in [5, 5.41) is 9.03. The molecule has 1 saturated heterocycles. The van der Waals surface area contributed by atoms with Crippen LogP contribution < -0.4 is 0 Å². The molecule has 1 aliphatic heterocycles. The van der Waals surface area contributed by atoms with E-state index in [-0.39, 0.29) is 30.7 Å². The second-order valence-corrected chi connectivity index (χ2v) is 3.67. The van der Waals surface area contributed by atoms with Crippen molar-refractivity contribution in [1.29, 1.82) is 0 Å². The number of likely N-dealkylation sites (tertiary alicyclic amines) is 1. The zero-order chi connectivity index (χ0) is 10.0. The minimum atomic E-state index is -0.252. The molecule has 1 fully saturated rings. The van der Waals surface area contributed by atoms with Gasteiger partial charge in [-0.2, -0.15) is 0 Å². The molecule has 1 amide bonds. The maximum Gasteiger partial charge on any atom is 0.225 e. The first-order chi connectivity index (χ1) is 6.11. The van der Waals surface area contributed by atoms with Crippen LogP contribution >= 0.6 is 0 Å². The molecule has 0 aromatic heterocycles. The lowest BCUT2D eigenvalue weighted by atomic mass is 10.1. The smallest absolute Gasteiger partial charge is 0.225 e. The number of nitrogens with zero attached hydrogens (tertiary/aromatic N) is 1. The Morgan fingerprint density at radius 2 is 2.31 bits per heavy atom. The molecule has 0 bridgehead atoms. The van der Waals surface area contributed by atoms with Crippen LogP contribution in [0.3, 0.4) is 0 Å². The lowest BCUT2D eigenvalue weighted by Gasteiger charge is -2.29. The van der Waals surface area contributed by atoms with Gasteiger partial charge in [-0.15, -0.1) is 0 Å². The molecule has 2 unspecified atom stereocenters. The van der Waals surface area contributed by atoms with Crippen LogP contribution in [0.15, 0.2) is 0 Å². The van der Waals surface area contributed by atoms with Crippen LogP contribution in [0.25, 0.3) is 0 Å². The van der Waals surface area contributed by atoms with Crippen molar-refractivity contribution in [3.63, 3.8) is 0 Å². The monoisotopic (exact) mass is 187 g/mol. The maximum atomic E-state index is 11.5. The average molecular weight is 187 g/mol. The molecule has 0 saturated carbocycles. The van der Waals surface area contributed by atoms with Crippen LogP contribution in [-0.2, 0) is 9.53 Å². The Morgan fingerprint density at radius 3 is 2.69 bits per heavy atom. The van der Waals surface area contributed by atoms with E-state index in [0.29, 0.717) is 6.42 Å². The predicted molar refractivity (Wildman–Crippen MR) is 48.0 cm³/mol. The van der Waals surface area contributed by atoms with Gasteiger partial charge in [0.05, 0.1) is 6.61 Å². The third-order valence-corrected chi connectivity index (χ3v) is 2.43. The second-order valence-electron chi connectivity index (χ2n) is 3.67. The molecule has 0 spiro atoms. The summed E-state index contributed by atoms with van der Waals surface area (Å²) in [6, 6.07) is 0.133. The van der Waals surface area contributed by atoms with Crippen LogP contribution in [0, 0.1) is 5.92 Å². The van der Waals surface area contributed by atoms with Gasteiger partial charge in [-0.3, -0.25) is 4.79 Å². The Kier molecular flexibility index (Phi) is 3.27. The first-order valence-corrected chi connectivity index (χ1v) is 4.56. The van der Waals surface area contributed by atoms with Gasteiger partial charge < -0.3 is 14.7 Å². The highest BCUT2D eigenvalue weighted by Crippen LogP contribution is 2.27. The minimum Gasteiger partial charge on any atom is -0.396 e. The molecular formula is C9H17NO3. The summed E-state index contributed by atoms with van der Waals surface area (Å²) in [5.41, 5.74) is 0. The van der Waals surface area contributed by atoms with Gasteiger partial charge in [0.1, 0.15) is 6.23 Å². The van der Waals surface area contributed by atoms with Gasteiger partial charge in [-0.1, -0.05) is 0 Å². The Balaban J connectivity index is 2.76. The van der Waals surface area contributed by atoms with E-state index in [1.54, 1.807) is 12.0 Å². The normalized spacial score (nSPS) is 29.0. The number of ether oxygens (including phenoxy) is 1. The van der Waals surface area contributed by atoms with Crippen molar-refractivity contribution in [2.45, 2.75) is 32.5 Å². The van der Waals surface area contributed by atoms with E-state index in [9.17, 15) is 4.79 Å². The van der Waals surface area contributed by atoms with E-state index in [1.165, 1.54) is 0 Å². The molecule has 0 aliphatic carbocycles. The molecule has 13 heavy (non-hydrogen) atoms. The number of rotatable bonds is 3. The van der Waals surface area contributed by atoms with Gasteiger partial charge in [-0.05, 0) is 13.8 Å². The van der Waals surface area contributed by atoms with Gasteiger partial charge in [0.2, 0.25) is 5.91 Å². The second kappa shape index (κ2) is 4.07. The molecule has 4 heteroatoms. The Labute approximate surface area is 78.5 Å². The Bertz CT molecular complexity index is 193. The van der Waals surface area contributed by atoms with Crippen molar-refractivity contribution in [2.24, 2.45) is 5.92 Å². The molecular weight excluding hydrogens is 170 g/mol. The van der Waals surface area contributed by atoms with Gasteiger partial charge in [0.25, 0.3) is 0 Å². The van der Waals surface area contributed by atoms with Gasteiger partial charge in [0, 0.05) is 25.5 Å². The lowest BCUT2D eigenvalue weighted by Crippen LogP contribution is -2.42. The van der Waals surface area contributed by atoms with Crippen LogP contribution in [0.2, 0.25) is 0 Å². The van der Waals surface area contributed by atoms with Crippen molar-refractivity contribution in [3.8, 4) is 0 Å². The molecule has 1 aliphatic rings. The highest BCUT2D eigenvalue weighted by molar-refractivity contribution is 5.79. The number of carbonyl (C=O) groups excluding carboxylic acids is 1. The topological polar surface area (TPSA) is 49.8 Å². The van der Waals surface area contributed by atoms with E-state index in [1.807, 2.05) is 13.8 Å². The summed E-state index contributed by atoms with van der Waals surface area (Å²) in [6.45, 7) is 3.90. The first kappa shape index (κ1) is 10.5. The summed E-state index contributed by atoms with van der Waals surface area (Å²) < 4.78 is 5.20.